The fourth-order valence-electron chi connectivity index (χ4n) is 0.672. The Hall–Kier alpha value is -0.440. The van der Waals surface area contributed by atoms with Crippen molar-refractivity contribution in [2.45, 2.75) is 23.2 Å². The number of hydrogen-bond donors (Lipinski definition) is 1. The molecule has 0 aliphatic rings. The first-order valence-corrected chi connectivity index (χ1v) is 4.91. The van der Waals surface area contributed by atoms with E-state index in [1.54, 1.807) is 0 Å². The lowest BCUT2D eigenvalue weighted by molar-refractivity contribution is 0.155. The summed E-state index contributed by atoms with van der Waals surface area (Å²) in [5.74, 6) is 2.56. The third-order valence-corrected chi connectivity index (χ3v) is 2.52. The van der Waals surface area contributed by atoms with Crippen LogP contribution in [0.15, 0.2) is 0 Å². The third-order valence-electron chi connectivity index (χ3n) is 1.28. The minimum absolute atomic E-state index is 0.382. The quantitative estimate of drug-likeness (QED) is 0.473. The number of rotatable bonds is 5. The molecular weight excluding hydrogens is 269 g/mol. The van der Waals surface area contributed by atoms with E-state index in [9.17, 15) is 4.79 Å². The van der Waals surface area contributed by atoms with Crippen molar-refractivity contribution in [3.05, 3.63) is 0 Å². The van der Waals surface area contributed by atoms with Gasteiger partial charge < -0.3 is 10.5 Å². The average molecular weight is 281 g/mol. The number of terminal acetylenes is 1. The molecule has 1 amide bonds. The van der Waals surface area contributed by atoms with Gasteiger partial charge >= 0.3 is 6.09 Å². The van der Waals surface area contributed by atoms with E-state index in [1.807, 2.05) is 0 Å². The largest absolute Gasteiger partial charge is 0.450 e. The molecule has 12 heavy (non-hydrogen) atoms. The Balaban J connectivity index is 3.26. The van der Waals surface area contributed by atoms with Gasteiger partial charge in [-0.3, -0.25) is 0 Å². The summed E-state index contributed by atoms with van der Waals surface area (Å²) in [6.45, 7) is 0.382. The van der Waals surface area contributed by atoms with E-state index in [2.05, 4.69) is 33.2 Å². The maximum absolute atomic E-state index is 10.2. The van der Waals surface area contributed by atoms with Crippen LogP contribution in [0, 0.1) is 12.3 Å². The number of hydrogen-bond acceptors (Lipinski definition) is 2. The fraction of sp³-hybridized carbons (Fsp3) is 0.625. The van der Waals surface area contributed by atoms with Gasteiger partial charge in [-0.2, -0.15) is 0 Å². The van der Waals surface area contributed by atoms with Crippen LogP contribution < -0.4 is 5.73 Å². The van der Waals surface area contributed by atoms with Gasteiger partial charge in [0.05, 0.1) is 6.61 Å². The molecule has 0 heterocycles. The highest BCUT2D eigenvalue weighted by atomic mass is 127. The van der Waals surface area contributed by atoms with E-state index < -0.39 is 6.09 Å². The summed E-state index contributed by atoms with van der Waals surface area (Å²) in [6, 6.07) is 0. The van der Waals surface area contributed by atoms with Crippen LogP contribution in [-0.4, -0.2) is 16.6 Å². The lowest BCUT2D eigenvalue weighted by Gasteiger charge is -2.06. The molecule has 1 atom stereocenters. The van der Waals surface area contributed by atoms with Crippen LogP contribution in [0.3, 0.4) is 0 Å². The monoisotopic (exact) mass is 281 g/mol. The second-order valence-electron chi connectivity index (χ2n) is 2.30. The van der Waals surface area contributed by atoms with Gasteiger partial charge in [-0.1, -0.05) is 22.6 Å². The molecule has 0 aromatic carbocycles. The lowest BCUT2D eigenvalue weighted by atomic mass is 10.2. The highest BCUT2D eigenvalue weighted by Gasteiger charge is 2.03. The Kier molecular flexibility index (Phi) is 6.96. The molecule has 0 saturated heterocycles. The molecule has 2 N–H and O–H groups in total. The number of amides is 1. The van der Waals surface area contributed by atoms with Gasteiger partial charge in [0.15, 0.2) is 0 Å². The number of halogens is 1. The highest BCUT2D eigenvalue weighted by Crippen LogP contribution is 2.12. The Morgan fingerprint density at radius 1 is 1.67 bits per heavy atom. The number of alkyl halides is 1. The number of primary amides is 1. The van der Waals surface area contributed by atoms with Gasteiger partial charge in [0, 0.05) is 10.3 Å². The maximum Gasteiger partial charge on any atom is 0.404 e. The van der Waals surface area contributed by atoms with Crippen molar-refractivity contribution < 1.29 is 9.53 Å². The van der Waals surface area contributed by atoms with E-state index in [4.69, 9.17) is 12.2 Å². The van der Waals surface area contributed by atoms with E-state index in [-0.39, 0.29) is 0 Å². The molecule has 0 fully saturated rings. The number of nitrogens with two attached hydrogens (primary N) is 1. The summed E-state index contributed by atoms with van der Waals surface area (Å²) in [5.41, 5.74) is 4.78. The molecular formula is C8H12INO2. The van der Waals surface area contributed by atoms with Crippen LogP contribution in [0.4, 0.5) is 4.79 Å². The predicted octanol–water partition coefficient (Wildman–Crippen LogP) is 1.69. The van der Waals surface area contributed by atoms with Gasteiger partial charge in [0.2, 0.25) is 0 Å². The first-order chi connectivity index (χ1) is 5.66. The summed E-state index contributed by atoms with van der Waals surface area (Å²) in [6.07, 6.45) is 6.92. The molecule has 0 radical (unpaired) electrons. The van der Waals surface area contributed by atoms with Crippen LogP contribution in [0.2, 0.25) is 0 Å². The Morgan fingerprint density at radius 2 is 2.33 bits per heavy atom. The van der Waals surface area contributed by atoms with Gasteiger partial charge in [-0.05, 0) is 12.8 Å². The summed E-state index contributed by atoms with van der Waals surface area (Å²) in [5, 5.41) is 0. The minimum atomic E-state index is -0.712. The first kappa shape index (κ1) is 11.6. The molecule has 3 nitrogen and oxygen atoms in total. The fourth-order valence-corrected chi connectivity index (χ4v) is 1.24. The van der Waals surface area contributed by atoms with Crippen molar-refractivity contribution in [1.82, 2.24) is 0 Å². The number of carbonyl (C=O) groups is 1. The topological polar surface area (TPSA) is 52.3 Å². The van der Waals surface area contributed by atoms with Crippen molar-refractivity contribution in [1.29, 1.82) is 0 Å². The molecule has 0 saturated carbocycles. The van der Waals surface area contributed by atoms with E-state index in [0.29, 0.717) is 10.5 Å². The zero-order chi connectivity index (χ0) is 9.40. The standard InChI is InChI=1S/C8H12INO2/c1-2-3-4-7(9)5-6-12-8(10)11/h1,7H,3-6H2,(H2,10,11). The minimum Gasteiger partial charge on any atom is -0.450 e. The summed E-state index contributed by atoms with van der Waals surface area (Å²) < 4.78 is 5.03. The summed E-state index contributed by atoms with van der Waals surface area (Å²) >= 11 is 2.28. The van der Waals surface area contributed by atoms with E-state index in [1.165, 1.54) is 0 Å². The van der Waals surface area contributed by atoms with Crippen molar-refractivity contribution in [2.24, 2.45) is 5.73 Å². The molecule has 0 aromatic heterocycles. The Labute approximate surface area is 86.2 Å². The van der Waals surface area contributed by atoms with Gasteiger partial charge in [0.25, 0.3) is 0 Å². The van der Waals surface area contributed by atoms with Gasteiger partial charge in [-0.15, -0.1) is 12.3 Å². The Bertz CT molecular complexity index is 176. The van der Waals surface area contributed by atoms with Crippen LogP contribution >= 0.6 is 22.6 Å². The molecule has 0 rings (SSSR count). The number of ether oxygens (including phenoxy) is 1. The normalized spacial score (nSPS) is 11.7. The molecule has 0 aliphatic heterocycles. The second kappa shape index (κ2) is 7.22. The van der Waals surface area contributed by atoms with Crippen LogP contribution in [0.5, 0.6) is 0 Å². The third kappa shape index (κ3) is 7.66. The van der Waals surface area contributed by atoms with Crippen molar-refractivity contribution in [3.8, 4) is 12.3 Å². The molecule has 0 aliphatic carbocycles. The lowest BCUT2D eigenvalue weighted by Crippen LogP contribution is -2.15. The van der Waals surface area contributed by atoms with Crippen molar-refractivity contribution in [2.75, 3.05) is 6.61 Å². The van der Waals surface area contributed by atoms with Crippen molar-refractivity contribution in [3.63, 3.8) is 0 Å². The van der Waals surface area contributed by atoms with E-state index in [0.717, 1.165) is 19.3 Å². The molecule has 4 heteroatoms. The zero-order valence-corrected chi connectivity index (χ0v) is 8.91. The van der Waals surface area contributed by atoms with Crippen LogP contribution in [0.25, 0.3) is 0 Å². The SMILES string of the molecule is C#CCCC(I)CCOC(N)=O. The Morgan fingerprint density at radius 3 is 2.83 bits per heavy atom. The summed E-state index contributed by atoms with van der Waals surface area (Å²) in [4.78, 5) is 10.2. The molecule has 1 unspecified atom stereocenters. The van der Waals surface area contributed by atoms with Crippen LogP contribution in [0.1, 0.15) is 19.3 Å². The first-order valence-electron chi connectivity index (χ1n) is 3.66. The molecule has 0 aromatic rings. The highest BCUT2D eigenvalue weighted by molar-refractivity contribution is 14.1. The average Bonchev–Trinajstić information content (AvgIpc) is 2.00. The number of carbonyl (C=O) groups excluding carboxylic acids is 1. The van der Waals surface area contributed by atoms with Gasteiger partial charge in [0.1, 0.15) is 0 Å². The van der Waals surface area contributed by atoms with Crippen molar-refractivity contribution >= 4 is 28.7 Å². The zero-order valence-electron chi connectivity index (χ0n) is 6.75. The molecule has 68 valence electrons. The predicted molar refractivity (Wildman–Crippen MR) is 56.0 cm³/mol. The maximum atomic E-state index is 10.2. The molecule has 0 bridgehead atoms. The second-order valence-corrected chi connectivity index (χ2v) is 4.06. The van der Waals surface area contributed by atoms with E-state index >= 15 is 0 Å². The molecule has 0 spiro atoms. The van der Waals surface area contributed by atoms with Gasteiger partial charge in [-0.25, -0.2) is 4.79 Å². The summed E-state index contributed by atoms with van der Waals surface area (Å²) in [7, 11) is 0. The van der Waals surface area contributed by atoms with Crippen LogP contribution in [-0.2, 0) is 4.74 Å². The smallest absolute Gasteiger partial charge is 0.404 e.